The molecule has 0 saturated carbocycles. The molecule has 2 heterocycles. The molecule has 8 nitrogen and oxygen atoms in total. The number of likely N-dealkylation sites (tertiary alicyclic amines) is 1. The summed E-state index contributed by atoms with van der Waals surface area (Å²) in [6.07, 6.45) is 1.30. The topological polar surface area (TPSA) is 119 Å². The molecule has 2 rings (SSSR count). The highest BCUT2D eigenvalue weighted by Gasteiger charge is 2.35. The number of amides is 2. The summed E-state index contributed by atoms with van der Waals surface area (Å²) in [5, 5.41) is 13.4. The number of hydrogen-bond acceptors (Lipinski definition) is 6. The number of nitrogens with two attached hydrogens (primary N) is 1. The Hall–Kier alpha value is -1.71. The van der Waals surface area contributed by atoms with Crippen molar-refractivity contribution in [1.82, 2.24) is 10.2 Å². The molecule has 0 aliphatic carbocycles. The molecule has 1 aromatic heterocycles. The van der Waals surface area contributed by atoms with E-state index in [-0.39, 0.29) is 34.1 Å². The van der Waals surface area contributed by atoms with Crippen molar-refractivity contribution in [3.63, 3.8) is 0 Å². The van der Waals surface area contributed by atoms with E-state index in [1.165, 1.54) is 17.0 Å². The number of nitrogens with zero attached hydrogens (tertiary/aromatic N) is 2. The van der Waals surface area contributed by atoms with Crippen LogP contribution in [0.3, 0.4) is 0 Å². The van der Waals surface area contributed by atoms with Gasteiger partial charge in [0.2, 0.25) is 5.91 Å². The van der Waals surface area contributed by atoms with E-state index in [2.05, 4.69) is 5.32 Å². The van der Waals surface area contributed by atoms with Crippen molar-refractivity contribution in [3.05, 3.63) is 27.1 Å². The minimum absolute atomic E-state index is 0. The van der Waals surface area contributed by atoms with Gasteiger partial charge >= 0.3 is 5.00 Å². The fourth-order valence-corrected chi connectivity index (χ4v) is 3.17. The number of halogens is 1. The van der Waals surface area contributed by atoms with Crippen molar-refractivity contribution in [3.8, 4) is 0 Å². The molecule has 1 fully saturated rings. The first-order valence-corrected chi connectivity index (χ1v) is 8.12. The Morgan fingerprint density at radius 2 is 2.17 bits per heavy atom. The van der Waals surface area contributed by atoms with Gasteiger partial charge in [-0.2, -0.15) is 0 Å². The predicted molar refractivity (Wildman–Crippen MR) is 93.6 cm³/mol. The van der Waals surface area contributed by atoms with E-state index in [4.69, 9.17) is 5.73 Å². The van der Waals surface area contributed by atoms with E-state index < -0.39 is 16.5 Å². The molecule has 1 aliphatic heterocycles. The maximum Gasteiger partial charge on any atom is 0.324 e. The second-order valence-electron chi connectivity index (χ2n) is 6.26. The monoisotopic (exact) mass is 376 g/mol. The number of thiophene rings is 1. The molecule has 0 spiro atoms. The second-order valence-corrected chi connectivity index (χ2v) is 7.32. The van der Waals surface area contributed by atoms with Gasteiger partial charge in [0, 0.05) is 24.7 Å². The van der Waals surface area contributed by atoms with E-state index in [0.717, 1.165) is 17.8 Å². The Morgan fingerprint density at radius 1 is 1.50 bits per heavy atom. The van der Waals surface area contributed by atoms with Crippen molar-refractivity contribution >= 4 is 40.6 Å². The molecule has 1 unspecified atom stereocenters. The maximum atomic E-state index is 12.5. The van der Waals surface area contributed by atoms with Gasteiger partial charge in [0.15, 0.2) is 0 Å². The third-order valence-electron chi connectivity index (χ3n) is 3.52. The van der Waals surface area contributed by atoms with Crippen LogP contribution in [0.25, 0.3) is 0 Å². The van der Waals surface area contributed by atoms with Crippen LogP contribution in [-0.2, 0) is 4.79 Å². The highest BCUT2D eigenvalue weighted by Crippen LogP contribution is 2.28. The van der Waals surface area contributed by atoms with Crippen molar-refractivity contribution in [1.29, 1.82) is 0 Å². The fraction of sp³-hybridized carbons (Fsp3) is 0.571. The zero-order valence-electron chi connectivity index (χ0n) is 13.5. The van der Waals surface area contributed by atoms with Gasteiger partial charge in [-0.1, -0.05) is 11.3 Å². The van der Waals surface area contributed by atoms with E-state index in [0.29, 0.717) is 19.5 Å². The van der Waals surface area contributed by atoms with Crippen LogP contribution in [0.4, 0.5) is 5.00 Å². The highest BCUT2D eigenvalue weighted by atomic mass is 35.5. The summed E-state index contributed by atoms with van der Waals surface area (Å²) in [5.74, 6) is -0.576. The molecule has 0 radical (unpaired) electrons. The molecule has 24 heavy (non-hydrogen) atoms. The van der Waals surface area contributed by atoms with E-state index in [1.54, 1.807) is 13.8 Å². The molecule has 0 bridgehead atoms. The molecule has 0 aromatic carbocycles. The lowest BCUT2D eigenvalue weighted by molar-refractivity contribution is -0.380. The summed E-state index contributed by atoms with van der Waals surface area (Å²) in [6.45, 7) is 4.38. The maximum absolute atomic E-state index is 12.5. The standard InChI is InChI=1S/C14H20N4O4S.ClH/c1-14(2,15)8-16-12(19)9-4-3-7-17(9)13(20)10-5-6-11(23-10)18(21)22;/h5-6,9H,3-4,7-8,15H2,1-2H3,(H,16,19);1H. The lowest BCUT2D eigenvalue weighted by atomic mass is 10.1. The Labute approximate surface area is 149 Å². The fourth-order valence-electron chi connectivity index (χ4n) is 2.40. The Morgan fingerprint density at radius 3 is 2.71 bits per heavy atom. The first kappa shape index (κ1) is 20.3. The minimum atomic E-state index is -0.550. The summed E-state index contributed by atoms with van der Waals surface area (Å²) < 4.78 is 0. The molecule has 3 N–H and O–H groups in total. The Kier molecular flexibility index (Phi) is 6.70. The molecule has 1 aliphatic rings. The van der Waals surface area contributed by atoms with Crippen LogP contribution < -0.4 is 11.1 Å². The van der Waals surface area contributed by atoms with Gasteiger partial charge in [-0.15, -0.1) is 12.4 Å². The van der Waals surface area contributed by atoms with Gasteiger partial charge in [-0.3, -0.25) is 19.7 Å². The molecule has 1 atom stereocenters. The van der Waals surface area contributed by atoms with Gasteiger partial charge in [0.1, 0.15) is 6.04 Å². The van der Waals surface area contributed by atoms with Gasteiger partial charge in [0.25, 0.3) is 5.91 Å². The average Bonchev–Trinajstić information content (AvgIpc) is 3.11. The van der Waals surface area contributed by atoms with Crippen LogP contribution in [0.15, 0.2) is 12.1 Å². The SMILES string of the molecule is CC(C)(N)CNC(=O)C1CCCN1C(=O)c1ccc([N+](=O)[O-])s1.Cl. The van der Waals surface area contributed by atoms with Gasteiger partial charge in [-0.05, 0) is 32.8 Å². The van der Waals surface area contributed by atoms with Crippen molar-refractivity contribution < 1.29 is 14.5 Å². The first-order chi connectivity index (χ1) is 10.7. The molecule has 1 saturated heterocycles. The summed E-state index contributed by atoms with van der Waals surface area (Å²) >= 11 is 0.825. The quantitative estimate of drug-likeness (QED) is 0.596. The lowest BCUT2D eigenvalue weighted by Gasteiger charge is -2.25. The molecule has 10 heteroatoms. The number of nitro groups is 1. The Balaban J connectivity index is 0.00000288. The molecule has 1 aromatic rings. The lowest BCUT2D eigenvalue weighted by Crippen LogP contribution is -2.51. The van der Waals surface area contributed by atoms with Crippen molar-refractivity contribution in [2.45, 2.75) is 38.3 Å². The van der Waals surface area contributed by atoms with Crippen LogP contribution in [0.1, 0.15) is 36.4 Å². The van der Waals surface area contributed by atoms with Crippen molar-refractivity contribution in [2.24, 2.45) is 5.73 Å². The number of carbonyl (C=O) groups excluding carboxylic acids is 2. The van der Waals surface area contributed by atoms with E-state index in [9.17, 15) is 19.7 Å². The predicted octanol–water partition coefficient (Wildman–Crippen LogP) is 1.54. The average molecular weight is 377 g/mol. The van der Waals surface area contributed by atoms with Gasteiger partial charge in [-0.25, -0.2) is 0 Å². The normalized spacial score (nSPS) is 17.3. The molecular formula is C14H21ClN4O4S. The summed E-state index contributed by atoms with van der Waals surface area (Å²) in [6, 6.07) is 2.19. The van der Waals surface area contributed by atoms with Gasteiger partial charge < -0.3 is 16.0 Å². The third kappa shape index (κ3) is 4.89. The van der Waals surface area contributed by atoms with E-state index >= 15 is 0 Å². The number of nitrogens with one attached hydrogen (secondary N) is 1. The number of carbonyl (C=O) groups is 2. The third-order valence-corrected chi connectivity index (χ3v) is 4.54. The van der Waals surface area contributed by atoms with Crippen molar-refractivity contribution in [2.75, 3.05) is 13.1 Å². The Bertz CT molecular complexity index is 629. The smallest absolute Gasteiger partial charge is 0.324 e. The highest BCUT2D eigenvalue weighted by molar-refractivity contribution is 7.17. The summed E-state index contributed by atoms with van der Waals surface area (Å²) in [4.78, 5) is 36.7. The summed E-state index contributed by atoms with van der Waals surface area (Å²) in [7, 11) is 0. The zero-order chi connectivity index (χ0) is 17.2. The molecular weight excluding hydrogens is 356 g/mol. The second kappa shape index (κ2) is 7.91. The molecule has 134 valence electrons. The number of rotatable bonds is 5. The van der Waals surface area contributed by atoms with Crippen LogP contribution in [-0.4, -0.2) is 46.3 Å². The summed E-state index contributed by atoms with van der Waals surface area (Å²) in [5.41, 5.74) is 5.31. The number of hydrogen-bond donors (Lipinski definition) is 2. The van der Waals surface area contributed by atoms with Crippen LogP contribution in [0, 0.1) is 10.1 Å². The largest absolute Gasteiger partial charge is 0.352 e. The first-order valence-electron chi connectivity index (χ1n) is 7.31. The van der Waals surface area contributed by atoms with Crippen LogP contribution in [0.2, 0.25) is 0 Å². The van der Waals surface area contributed by atoms with E-state index in [1.807, 2.05) is 0 Å². The molecule has 2 amide bonds. The van der Waals surface area contributed by atoms with Crippen LogP contribution >= 0.6 is 23.7 Å². The van der Waals surface area contributed by atoms with Gasteiger partial charge in [0.05, 0.1) is 9.80 Å². The van der Waals surface area contributed by atoms with Crippen LogP contribution in [0.5, 0.6) is 0 Å². The minimum Gasteiger partial charge on any atom is -0.352 e. The zero-order valence-corrected chi connectivity index (χ0v) is 15.1.